The van der Waals surface area contributed by atoms with Gasteiger partial charge in [-0.2, -0.15) is 5.26 Å². The maximum absolute atomic E-state index is 8.61. The Morgan fingerprint density at radius 2 is 2.00 bits per heavy atom. The maximum Gasteiger partial charge on any atom is 0.225 e. The van der Waals surface area contributed by atoms with Gasteiger partial charge in [-0.25, -0.2) is 9.97 Å². The fraction of sp³-hybridized carbons (Fsp3) is 0.154. The standard InChI is InChI=1S/C13H11BrN4/c1-18(6-5-15)13-16-8-11(9-17-13)10-3-2-4-12(14)7-10/h2-4,7-9H,6H2,1H3. The zero-order valence-corrected chi connectivity index (χ0v) is 11.4. The van der Waals surface area contributed by atoms with E-state index < -0.39 is 0 Å². The maximum atomic E-state index is 8.61. The van der Waals surface area contributed by atoms with E-state index in [9.17, 15) is 0 Å². The molecule has 0 spiro atoms. The van der Waals surface area contributed by atoms with Gasteiger partial charge >= 0.3 is 0 Å². The molecule has 0 amide bonds. The van der Waals surface area contributed by atoms with Gasteiger partial charge in [-0.05, 0) is 17.7 Å². The van der Waals surface area contributed by atoms with Gasteiger partial charge in [-0.3, -0.25) is 0 Å². The molecule has 0 radical (unpaired) electrons. The summed E-state index contributed by atoms with van der Waals surface area (Å²) in [5.41, 5.74) is 2.00. The molecule has 0 N–H and O–H groups in total. The molecule has 2 aromatic rings. The van der Waals surface area contributed by atoms with Crippen LogP contribution in [0, 0.1) is 11.3 Å². The summed E-state index contributed by atoms with van der Waals surface area (Å²) in [4.78, 5) is 10.2. The van der Waals surface area contributed by atoms with Crippen LogP contribution in [0.2, 0.25) is 0 Å². The average Bonchev–Trinajstić information content (AvgIpc) is 2.39. The largest absolute Gasteiger partial charge is 0.331 e. The Morgan fingerprint density at radius 3 is 2.61 bits per heavy atom. The number of hydrogen-bond donors (Lipinski definition) is 0. The number of benzene rings is 1. The monoisotopic (exact) mass is 302 g/mol. The highest BCUT2D eigenvalue weighted by molar-refractivity contribution is 9.10. The van der Waals surface area contributed by atoms with Crippen LogP contribution < -0.4 is 4.90 Å². The predicted molar refractivity (Wildman–Crippen MR) is 74.1 cm³/mol. The fourth-order valence-corrected chi connectivity index (χ4v) is 1.91. The van der Waals surface area contributed by atoms with Crippen LogP contribution in [-0.2, 0) is 0 Å². The summed E-state index contributed by atoms with van der Waals surface area (Å²) in [6.45, 7) is 0.274. The molecule has 0 aliphatic rings. The lowest BCUT2D eigenvalue weighted by Gasteiger charge is -2.12. The minimum absolute atomic E-state index is 0.274. The second kappa shape index (κ2) is 5.61. The van der Waals surface area contributed by atoms with E-state index in [2.05, 4.69) is 32.0 Å². The molecule has 0 aliphatic carbocycles. The van der Waals surface area contributed by atoms with Gasteiger partial charge in [0.05, 0.1) is 6.07 Å². The molecule has 0 unspecified atom stereocenters. The van der Waals surface area contributed by atoms with Crippen molar-refractivity contribution in [3.63, 3.8) is 0 Å². The van der Waals surface area contributed by atoms with Crippen LogP contribution in [0.1, 0.15) is 0 Å². The third-order valence-corrected chi connectivity index (χ3v) is 2.94. The smallest absolute Gasteiger partial charge is 0.225 e. The summed E-state index contributed by atoms with van der Waals surface area (Å²) in [7, 11) is 1.79. The quantitative estimate of drug-likeness (QED) is 0.818. The molecule has 18 heavy (non-hydrogen) atoms. The molecule has 1 aromatic heterocycles. The average molecular weight is 303 g/mol. The van der Waals surface area contributed by atoms with Crippen molar-refractivity contribution >= 4 is 21.9 Å². The van der Waals surface area contributed by atoms with Gasteiger partial charge < -0.3 is 4.90 Å². The lowest BCUT2D eigenvalue weighted by molar-refractivity contribution is 0.947. The van der Waals surface area contributed by atoms with E-state index in [1.54, 1.807) is 24.3 Å². The van der Waals surface area contributed by atoms with Crippen LogP contribution in [-0.4, -0.2) is 23.6 Å². The normalized spacial score (nSPS) is 9.83. The Morgan fingerprint density at radius 1 is 1.28 bits per heavy atom. The van der Waals surface area contributed by atoms with Crippen molar-refractivity contribution < 1.29 is 0 Å². The molecule has 0 saturated carbocycles. The van der Waals surface area contributed by atoms with Gasteiger partial charge in [0.15, 0.2) is 0 Å². The lowest BCUT2D eigenvalue weighted by atomic mass is 10.1. The number of rotatable bonds is 3. The fourth-order valence-electron chi connectivity index (χ4n) is 1.51. The van der Waals surface area contributed by atoms with E-state index in [1.165, 1.54) is 0 Å². The predicted octanol–water partition coefficient (Wildman–Crippen LogP) is 2.87. The van der Waals surface area contributed by atoms with Crippen molar-refractivity contribution in [2.75, 3.05) is 18.5 Å². The topological polar surface area (TPSA) is 52.8 Å². The zero-order chi connectivity index (χ0) is 13.0. The second-order valence-electron chi connectivity index (χ2n) is 3.80. The highest BCUT2D eigenvalue weighted by Crippen LogP contribution is 2.22. The Bertz CT molecular complexity index is 574. The highest BCUT2D eigenvalue weighted by Gasteiger charge is 2.04. The van der Waals surface area contributed by atoms with Gasteiger partial charge in [0.1, 0.15) is 6.54 Å². The first-order chi connectivity index (χ1) is 8.70. The summed E-state index contributed by atoms with van der Waals surface area (Å²) in [6, 6.07) is 10.0. The summed E-state index contributed by atoms with van der Waals surface area (Å²) in [6.07, 6.45) is 3.52. The SMILES string of the molecule is CN(CC#N)c1ncc(-c2cccc(Br)c2)cn1. The van der Waals surface area contributed by atoms with Crippen molar-refractivity contribution in [1.29, 1.82) is 5.26 Å². The molecule has 0 saturated heterocycles. The van der Waals surface area contributed by atoms with E-state index in [1.807, 2.05) is 24.3 Å². The van der Waals surface area contributed by atoms with Crippen molar-refractivity contribution in [3.8, 4) is 17.2 Å². The molecule has 1 aromatic carbocycles. The van der Waals surface area contributed by atoms with Crippen LogP contribution in [0.15, 0.2) is 41.1 Å². The third kappa shape index (κ3) is 2.84. The van der Waals surface area contributed by atoms with Gasteiger partial charge in [-0.1, -0.05) is 28.1 Å². The third-order valence-electron chi connectivity index (χ3n) is 2.45. The van der Waals surface area contributed by atoms with Crippen molar-refractivity contribution in [3.05, 3.63) is 41.1 Å². The molecule has 0 aliphatic heterocycles. The van der Waals surface area contributed by atoms with E-state index in [0.29, 0.717) is 5.95 Å². The molecule has 2 rings (SSSR count). The number of aromatic nitrogens is 2. The van der Waals surface area contributed by atoms with E-state index in [-0.39, 0.29) is 6.54 Å². The molecular weight excluding hydrogens is 292 g/mol. The Hall–Kier alpha value is -1.93. The number of hydrogen-bond acceptors (Lipinski definition) is 4. The summed E-state index contributed by atoms with van der Waals surface area (Å²) in [5, 5.41) is 8.61. The minimum Gasteiger partial charge on any atom is -0.331 e. The van der Waals surface area contributed by atoms with Crippen LogP contribution in [0.5, 0.6) is 0 Å². The number of anilines is 1. The van der Waals surface area contributed by atoms with Gasteiger partial charge in [0, 0.05) is 29.5 Å². The van der Waals surface area contributed by atoms with Crippen LogP contribution >= 0.6 is 15.9 Å². The Labute approximate surface area is 114 Å². The van der Waals surface area contributed by atoms with Crippen LogP contribution in [0.3, 0.4) is 0 Å². The van der Waals surface area contributed by atoms with E-state index in [4.69, 9.17) is 5.26 Å². The molecule has 90 valence electrons. The van der Waals surface area contributed by atoms with Crippen molar-refractivity contribution in [1.82, 2.24) is 9.97 Å². The summed E-state index contributed by atoms with van der Waals surface area (Å²) >= 11 is 3.43. The van der Waals surface area contributed by atoms with Crippen LogP contribution in [0.25, 0.3) is 11.1 Å². The zero-order valence-electron chi connectivity index (χ0n) is 9.84. The van der Waals surface area contributed by atoms with Gasteiger partial charge in [-0.15, -0.1) is 0 Å². The van der Waals surface area contributed by atoms with E-state index in [0.717, 1.165) is 15.6 Å². The van der Waals surface area contributed by atoms with Crippen molar-refractivity contribution in [2.45, 2.75) is 0 Å². The number of nitriles is 1. The summed E-state index contributed by atoms with van der Waals surface area (Å²) in [5.74, 6) is 0.551. The minimum atomic E-state index is 0.274. The number of halogens is 1. The first kappa shape index (κ1) is 12.5. The summed E-state index contributed by atoms with van der Waals surface area (Å²) < 4.78 is 1.02. The van der Waals surface area contributed by atoms with Gasteiger partial charge in [0.25, 0.3) is 0 Å². The molecule has 4 nitrogen and oxygen atoms in total. The number of nitrogens with zero attached hydrogens (tertiary/aromatic N) is 4. The first-order valence-corrected chi connectivity index (χ1v) is 6.16. The van der Waals surface area contributed by atoms with E-state index >= 15 is 0 Å². The molecule has 5 heteroatoms. The van der Waals surface area contributed by atoms with Gasteiger partial charge in [0.2, 0.25) is 5.95 Å². The van der Waals surface area contributed by atoms with Crippen LogP contribution in [0.4, 0.5) is 5.95 Å². The lowest BCUT2D eigenvalue weighted by Crippen LogP contribution is -2.19. The Balaban J connectivity index is 2.25. The second-order valence-corrected chi connectivity index (χ2v) is 4.71. The highest BCUT2D eigenvalue weighted by atomic mass is 79.9. The molecule has 0 bridgehead atoms. The molecular formula is C13H11BrN4. The molecule has 0 atom stereocenters. The Kier molecular flexibility index (Phi) is 3.90. The van der Waals surface area contributed by atoms with Crippen molar-refractivity contribution in [2.24, 2.45) is 0 Å². The molecule has 0 fully saturated rings. The molecule has 1 heterocycles. The first-order valence-electron chi connectivity index (χ1n) is 5.37.